The Morgan fingerprint density at radius 2 is 2.27 bits per heavy atom. The molecule has 2 aromatic rings. The number of nitrogen functional groups attached to an aromatic ring is 1. The number of ether oxygens (including phenoxy) is 1. The Morgan fingerprint density at radius 1 is 1.40 bits per heavy atom. The van der Waals surface area contributed by atoms with Crippen molar-refractivity contribution in [3.05, 3.63) is 30.5 Å². The number of hydrogen-bond acceptors (Lipinski definition) is 3. The highest BCUT2D eigenvalue weighted by Crippen LogP contribution is 2.27. The van der Waals surface area contributed by atoms with Gasteiger partial charge in [0, 0.05) is 17.3 Å². The molecule has 0 aliphatic rings. The summed E-state index contributed by atoms with van der Waals surface area (Å²) in [6, 6.07) is 7.31. The average Bonchev–Trinajstić information content (AvgIpc) is 2.29. The Kier molecular flexibility index (Phi) is 2.42. The molecule has 0 fully saturated rings. The monoisotopic (exact) mass is 198 g/mol. The first-order valence-electron chi connectivity index (χ1n) is 4.52. The molecule has 74 valence electrons. The zero-order valence-electron chi connectivity index (χ0n) is 8.10. The molecule has 0 saturated heterocycles. The standard InChI is InChI=1S/C12H10N2O/c1-2-8-15-11-6-5-10(13)9-4-3-7-14-12(9)11/h1,3-7H,8,13H2. The highest BCUT2D eigenvalue weighted by molar-refractivity contribution is 5.94. The molecule has 15 heavy (non-hydrogen) atoms. The molecule has 0 spiro atoms. The minimum atomic E-state index is 0.232. The van der Waals surface area contributed by atoms with Crippen molar-refractivity contribution in [2.75, 3.05) is 12.3 Å². The Labute approximate surface area is 87.9 Å². The maximum Gasteiger partial charge on any atom is 0.148 e. The third kappa shape index (κ3) is 1.70. The summed E-state index contributed by atoms with van der Waals surface area (Å²) < 4.78 is 5.37. The summed E-state index contributed by atoms with van der Waals surface area (Å²) in [6.45, 7) is 0.232. The van der Waals surface area contributed by atoms with Crippen molar-refractivity contribution in [1.29, 1.82) is 0 Å². The van der Waals surface area contributed by atoms with Crippen LogP contribution < -0.4 is 10.5 Å². The van der Waals surface area contributed by atoms with E-state index in [1.807, 2.05) is 12.1 Å². The Hall–Kier alpha value is -2.21. The van der Waals surface area contributed by atoms with Crippen LogP contribution >= 0.6 is 0 Å². The van der Waals surface area contributed by atoms with Gasteiger partial charge in [0.2, 0.25) is 0 Å². The number of pyridine rings is 1. The first kappa shape index (κ1) is 9.35. The van der Waals surface area contributed by atoms with E-state index in [0.29, 0.717) is 11.4 Å². The van der Waals surface area contributed by atoms with E-state index in [0.717, 1.165) is 10.9 Å². The summed E-state index contributed by atoms with van der Waals surface area (Å²) in [7, 11) is 0. The molecule has 1 aromatic heterocycles. The molecule has 0 aliphatic carbocycles. The molecular weight excluding hydrogens is 188 g/mol. The molecule has 0 amide bonds. The quantitative estimate of drug-likeness (QED) is 0.591. The van der Waals surface area contributed by atoms with Gasteiger partial charge in [0.15, 0.2) is 0 Å². The second kappa shape index (κ2) is 3.89. The molecule has 3 nitrogen and oxygen atoms in total. The smallest absolute Gasteiger partial charge is 0.148 e. The SMILES string of the molecule is C#CCOc1ccc(N)c2cccnc12. The Balaban J connectivity index is 2.57. The van der Waals surface area contributed by atoms with Crippen molar-refractivity contribution in [3.63, 3.8) is 0 Å². The summed E-state index contributed by atoms with van der Waals surface area (Å²) in [5, 5.41) is 0.882. The van der Waals surface area contributed by atoms with Gasteiger partial charge in [-0.2, -0.15) is 0 Å². The van der Waals surface area contributed by atoms with E-state index in [2.05, 4.69) is 10.9 Å². The van der Waals surface area contributed by atoms with Crippen LogP contribution in [0, 0.1) is 12.3 Å². The van der Waals surface area contributed by atoms with Gasteiger partial charge in [-0.05, 0) is 24.3 Å². The van der Waals surface area contributed by atoms with Crippen molar-refractivity contribution in [1.82, 2.24) is 4.98 Å². The number of nitrogens with zero attached hydrogens (tertiary/aromatic N) is 1. The average molecular weight is 198 g/mol. The van der Waals surface area contributed by atoms with Crippen LogP contribution in [0.25, 0.3) is 10.9 Å². The van der Waals surface area contributed by atoms with Crippen molar-refractivity contribution in [3.8, 4) is 18.1 Å². The van der Waals surface area contributed by atoms with Gasteiger partial charge in [0.05, 0.1) is 0 Å². The van der Waals surface area contributed by atoms with E-state index in [4.69, 9.17) is 16.9 Å². The number of benzene rings is 1. The van der Waals surface area contributed by atoms with Gasteiger partial charge in [-0.1, -0.05) is 5.92 Å². The minimum Gasteiger partial charge on any atom is -0.479 e. The fourth-order valence-corrected chi connectivity index (χ4v) is 1.40. The largest absolute Gasteiger partial charge is 0.479 e. The minimum absolute atomic E-state index is 0.232. The van der Waals surface area contributed by atoms with Crippen LogP contribution in [0.15, 0.2) is 30.5 Å². The first-order chi connectivity index (χ1) is 7.33. The van der Waals surface area contributed by atoms with Gasteiger partial charge < -0.3 is 10.5 Å². The molecule has 2 N–H and O–H groups in total. The Bertz CT molecular complexity index is 529. The van der Waals surface area contributed by atoms with Crippen LogP contribution in [-0.4, -0.2) is 11.6 Å². The molecule has 0 saturated carbocycles. The number of aromatic nitrogens is 1. The lowest BCUT2D eigenvalue weighted by molar-refractivity contribution is 0.374. The predicted molar refractivity (Wildman–Crippen MR) is 60.5 cm³/mol. The highest BCUT2D eigenvalue weighted by Gasteiger charge is 2.04. The number of nitrogens with two attached hydrogens (primary N) is 1. The van der Waals surface area contributed by atoms with Crippen LogP contribution in [0.3, 0.4) is 0 Å². The van der Waals surface area contributed by atoms with Crippen LogP contribution in [-0.2, 0) is 0 Å². The van der Waals surface area contributed by atoms with Gasteiger partial charge in [0.1, 0.15) is 17.9 Å². The molecule has 1 heterocycles. The van der Waals surface area contributed by atoms with Crippen LogP contribution in [0.5, 0.6) is 5.75 Å². The lowest BCUT2D eigenvalue weighted by atomic mass is 10.2. The molecule has 0 bridgehead atoms. The van der Waals surface area contributed by atoms with Crippen LogP contribution in [0.2, 0.25) is 0 Å². The van der Waals surface area contributed by atoms with E-state index >= 15 is 0 Å². The van der Waals surface area contributed by atoms with Crippen molar-refractivity contribution < 1.29 is 4.74 Å². The molecule has 0 aliphatic heterocycles. The number of hydrogen-bond donors (Lipinski definition) is 1. The Morgan fingerprint density at radius 3 is 3.07 bits per heavy atom. The molecule has 1 aromatic carbocycles. The number of anilines is 1. The molecule has 0 unspecified atom stereocenters. The molecule has 0 atom stereocenters. The second-order valence-electron chi connectivity index (χ2n) is 3.05. The lowest BCUT2D eigenvalue weighted by Crippen LogP contribution is -1.97. The van der Waals surface area contributed by atoms with E-state index in [1.165, 1.54) is 0 Å². The van der Waals surface area contributed by atoms with Gasteiger partial charge in [0.25, 0.3) is 0 Å². The summed E-state index contributed by atoms with van der Waals surface area (Å²) in [5.74, 6) is 3.08. The van der Waals surface area contributed by atoms with E-state index in [-0.39, 0.29) is 6.61 Å². The summed E-state index contributed by atoms with van der Waals surface area (Å²) >= 11 is 0. The van der Waals surface area contributed by atoms with E-state index < -0.39 is 0 Å². The predicted octanol–water partition coefficient (Wildman–Crippen LogP) is 1.83. The van der Waals surface area contributed by atoms with Gasteiger partial charge in [-0.25, -0.2) is 0 Å². The van der Waals surface area contributed by atoms with Crippen molar-refractivity contribution in [2.24, 2.45) is 0 Å². The third-order valence-corrected chi connectivity index (χ3v) is 2.08. The van der Waals surface area contributed by atoms with E-state index in [9.17, 15) is 0 Å². The first-order valence-corrected chi connectivity index (χ1v) is 4.52. The number of terminal acetylenes is 1. The summed E-state index contributed by atoms with van der Waals surface area (Å²) in [4.78, 5) is 4.22. The van der Waals surface area contributed by atoms with Gasteiger partial charge in [-0.15, -0.1) is 6.42 Å². The zero-order valence-corrected chi connectivity index (χ0v) is 8.10. The van der Waals surface area contributed by atoms with Gasteiger partial charge in [-0.3, -0.25) is 4.98 Å². The fourth-order valence-electron chi connectivity index (χ4n) is 1.40. The highest BCUT2D eigenvalue weighted by atomic mass is 16.5. The normalized spacial score (nSPS) is 9.80. The van der Waals surface area contributed by atoms with Gasteiger partial charge >= 0.3 is 0 Å². The zero-order chi connectivity index (χ0) is 10.7. The number of fused-ring (bicyclic) bond motifs is 1. The molecular formula is C12H10N2O. The van der Waals surface area contributed by atoms with Crippen molar-refractivity contribution in [2.45, 2.75) is 0 Å². The van der Waals surface area contributed by atoms with Crippen LogP contribution in [0.4, 0.5) is 5.69 Å². The van der Waals surface area contributed by atoms with E-state index in [1.54, 1.807) is 18.3 Å². The molecule has 2 rings (SSSR count). The third-order valence-electron chi connectivity index (χ3n) is 2.08. The number of rotatable bonds is 2. The maximum absolute atomic E-state index is 5.82. The fraction of sp³-hybridized carbons (Fsp3) is 0.0833. The maximum atomic E-state index is 5.82. The summed E-state index contributed by atoms with van der Waals surface area (Å²) in [6.07, 6.45) is 6.83. The second-order valence-corrected chi connectivity index (χ2v) is 3.05. The lowest BCUT2D eigenvalue weighted by Gasteiger charge is -2.07. The molecule has 0 radical (unpaired) electrons. The molecule has 3 heteroatoms. The van der Waals surface area contributed by atoms with Crippen LogP contribution in [0.1, 0.15) is 0 Å². The van der Waals surface area contributed by atoms with Crippen molar-refractivity contribution >= 4 is 16.6 Å². The summed E-state index contributed by atoms with van der Waals surface area (Å²) in [5.41, 5.74) is 7.25. The topological polar surface area (TPSA) is 48.1 Å².